The third kappa shape index (κ3) is 2.87. The molecule has 0 unspecified atom stereocenters. The molecule has 0 amide bonds. The van der Waals surface area contributed by atoms with E-state index >= 15 is 0 Å². The molecule has 0 atom stereocenters. The van der Waals surface area contributed by atoms with E-state index in [1.807, 2.05) is 0 Å². The molecule has 3 heterocycles. The molecule has 1 aromatic carbocycles. The fraction of sp³-hybridized carbons (Fsp3) is 0.533. The van der Waals surface area contributed by atoms with Gasteiger partial charge in [0.15, 0.2) is 0 Å². The summed E-state index contributed by atoms with van der Waals surface area (Å²) in [5, 5.41) is 0. The summed E-state index contributed by atoms with van der Waals surface area (Å²) in [4.78, 5) is 9.13. The normalized spacial score (nSPS) is 19.6. The van der Waals surface area contributed by atoms with Crippen molar-refractivity contribution < 1.29 is 8.42 Å². The molecule has 1 fully saturated rings. The van der Waals surface area contributed by atoms with Crippen LogP contribution in [0.2, 0.25) is 0 Å². The topological polar surface area (TPSA) is 82.0 Å². The number of sulfonamides is 1. The molecule has 2 aliphatic rings. The summed E-state index contributed by atoms with van der Waals surface area (Å²) >= 11 is 1.03. The van der Waals surface area contributed by atoms with Gasteiger partial charge in [0.1, 0.15) is 15.9 Å². The number of piperazine rings is 1. The zero-order chi connectivity index (χ0) is 17.4. The van der Waals surface area contributed by atoms with Gasteiger partial charge in [-0.05, 0) is 18.7 Å². The molecule has 1 saturated heterocycles. The van der Waals surface area contributed by atoms with Crippen molar-refractivity contribution in [1.82, 2.24) is 22.9 Å². The lowest BCUT2D eigenvalue weighted by Crippen LogP contribution is -2.53. The zero-order valence-corrected chi connectivity index (χ0v) is 15.6. The molecule has 0 spiro atoms. The fourth-order valence-corrected chi connectivity index (χ4v) is 5.48. The lowest BCUT2D eigenvalue weighted by molar-refractivity contribution is 0.184. The molecule has 1 aromatic heterocycles. The third-order valence-corrected chi connectivity index (χ3v) is 7.05. The maximum absolute atomic E-state index is 13.3. The second-order valence-corrected chi connectivity index (χ2v) is 8.43. The largest absolute Gasteiger partial charge is 0.339 e. The fourth-order valence-electron chi connectivity index (χ4n) is 3.28. The minimum atomic E-state index is -3.70. The summed E-state index contributed by atoms with van der Waals surface area (Å²) in [6.07, 6.45) is 0. The van der Waals surface area contributed by atoms with Crippen LogP contribution in [0.15, 0.2) is 28.1 Å². The van der Waals surface area contributed by atoms with E-state index < -0.39 is 10.0 Å². The highest BCUT2D eigenvalue weighted by molar-refractivity contribution is 7.90. The number of aliphatic imine (C=N–C) groups is 1. The maximum atomic E-state index is 13.3. The predicted octanol–water partition coefficient (Wildman–Crippen LogP) is 0.689. The van der Waals surface area contributed by atoms with E-state index in [0.717, 1.165) is 44.5 Å². The molecule has 10 heteroatoms. The smallest absolute Gasteiger partial charge is 0.268 e. The standard InChI is InChI=1S/C15H20N6O2S2/c1-2-19-8-10-20(11-9-19)15-16-6-7-21(15)25(22,23)13-5-3-4-12-14(13)18-24-17-12/h3-5H,2,6-11H2,1H3. The van der Waals surface area contributed by atoms with Crippen molar-refractivity contribution in [1.29, 1.82) is 0 Å². The Morgan fingerprint density at radius 2 is 1.92 bits per heavy atom. The van der Waals surface area contributed by atoms with Gasteiger partial charge in [0.05, 0.1) is 24.8 Å². The number of nitrogens with zero attached hydrogens (tertiary/aromatic N) is 6. The first-order valence-electron chi connectivity index (χ1n) is 8.37. The lowest BCUT2D eigenvalue weighted by Gasteiger charge is -2.37. The highest BCUT2D eigenvalue weighted by Crippen LogP contribution is 2.26. The van der Waals surface area contributed by atoms with Crippen molar-refractivity contribution in [2.75, 3.05) is 45.8 Å². The van der Waals surface area contributed by atoms with Crippen molar-refractivity contribution in [3.05, 3.63) is 18.2 Å². The SMILES string of the molecule is CCN1CCN(C2=NCCN2S(=O)(=O)c2cccc3nsnc23)CC1. The van der Waals surface area contributed by atoms with Crippen LogP contribution in [-0.2, 0) is 10.0 Å². The predicted molar refractivity (Wildman–Crippen MR) is 97.3 cm³/mol. The molecule has 0 bridgehead atoms. The molecule has 25 heavy (non-hydrogen) atoms. The van der Waals surface area contributed by atoms with Crippen LogP contribution in [0.25, 0.3) is 11.0 Å². The van der Waals surface area contributed by atoms with E-state index in [-0.39, 0.29) is 4.90 Å². The number of likely N-dealkylation sites (N-methyl/N-ethyl adjacent to an activating group) is 1. The highest BCUT2D eigenvalue weighted by atomic mass is 32.2. The van der Waals surface area contributed by atoms with Crippen molar-refractivity contribution >= 4 is 38.7 Å². The van der Waals surface area contributed by atoms with E-state index in [9.17, 15) is 8.42 Å². The Hall–Kier alpha value is -1.78. The molecule has 0 radical (unpaired) electrons. The Morgan fingerprint density at radius 3 is 2.68 bits per heavy atom. The van der Waals surface area contributed by atoms with Gasteiger partial charge < -0.3 is 9.80 Å². The minimum Gasteiger partial charge on any atom is -0.339 e. The first kappa shape index (κ1) is 16.7. The van der Waals surface area contributed by atoms with Gasteiger partial charge in [0.2, 0.25) is 5.96 Å². The number of hydrogen-bond donors (Lipinski definition) is 0. The van der Waals surface area contributed by atoms with Gasteiger partial charge in [-0.2, -0.15) is 8.75 Å². The summed E-state index contributed by atoms with van der Waals surface area (Å²) in [5.74, 6) is 0.566. The van der Waals surface area contributed by atoms with Gasteiger partial charge in [-0.3, -0.25) is 4.99 Å². The molecule has 0 aliphatic carbocycles. The van der Waals surface area contributed by atoms with Gasteiger partial charge in [-0.15, -0.1) is 0 Å². The molecule has 0 saturated carbocycles. The van der Waals surface area contributed by atoms with Crippen LogP contribution in [-0.4, -0.2) is 83.0 Å². The van der Waals surface area contributed by atoms with Gasteiger partial charge in [0.25, 0.3) is 10.0 Å². The maximum Gasteiger partial charge on any atom is 0.268 e. The summed E-state index contributed by atoms with van der Waals surface area (Å²) < 4.78 is 36.3. The quantitative estimate of drug-likeness (QED) is 0.779. The zero-order valence-electron chi connectivity index (χ0n) is 14.0. The number of aromatic nitrogens is 2. The Labute approximate surface area is 151 Å². The van der Waals surface area contributed by atoms with Crippen LogP contribution in [0.3, 0.4) is 0 Å². The summed E-state index contributed by atoms with van der Waals surface area (Å²) in [5.41, 5.74) is 1.05. The molecular formula is C15H20N6O2S2. The average molecular weight is 380 g/mol. The van der Waals surface area contributed by atoms with E-state index in [1.165, 1.54) is 4.31 Å². The minimum absolute atomic E-state index is 0.209. The van der Waals surface area contributed by atoms with E-state index in [4.69, 9.17) is 0 Å². The van der Waals surface area contributed by atoms with Crippen LogP contribution in [0, 0.1) is 0 Å². The number of rotatable bonds is 3. The van der Waals surface area contributed by atoms with E-state index in [2.05, 4.69) is 30.5 Å². The van der Waals surface area contributed by atoms with E-state index in [0.29, 0.717) is 30.1 Å². The monoisotopic (exact) mass is 380 g/mol. The van der Waals surface area contributed by atoms with Gasteiger partial charge in [-0.25, -0.2) is 12.7 Å². The molecule has 4 rings (SSSR count). The van der Waals surface area contributed by atoms with E-state index in [1.54, 1.807) is 18.2 Å². The summed E-state index contributed by atoms with van der Waals surface area (Å²) in [7, 11) is -3.70. The van der Waals surface area contributed by atoms with Crippen molar-refractivity contribution in [2.24, 2.45) is 4.99 Å². The molecule has 0 N–H and O–H groups in total. The second-order valence-electron chi connectivity index (χ2n) is 6.07. The Balaban J connectivity index is 1.64. The van der Waals surface area contributed by atoms with Gasteiger partial charge >= 0.3 is 0 Å². The Kier molecular flexibility index (Phi) is 4.34. The molecule has 134 valence electrons. The van der Waals surface area contributed by atoms with Crippen LogP contribution < -0.4 is 0 Å². The van der Waals surface area contributed by atoms with Crippen molar-refractivity contribution in [3.8, 4) is 0 Å². The third-order valence-electron chi connectivity index (χ3n) is 4.70. The van der Waals surface area contributed by atoms with Gasteiger partial charge in [0, 0.05) is 26.2 Å². The number of benzene rings is 1. The number of hydrogen-bond acceptors (Lipinski definition) is 8. The van der Waals surface area contributed by atoms with Crippen molar-refractivity contribution in [2.45, 2.75) is 11.8 Å². The first-order valence-corrected chi connectivity index (χ1v) is 10.5. The molecule has 2 aliphatic heterocycles. The van der Waals surface area contributed by atoms with Crippen LogP contribution >= 0.6 is 11.7 Å². The first-order chi connectivity index (χ1) is 12.1. The Bertz CT molecular complexity index is 902. The Morgan fingerprint density at radius 1 is 1.12 bits per heavy atom. The van der Waals surface area contributed by atoms with Crippen LogP contribution in [0.1, 0.15) is 6.92 Å². The summed E-state index contributed by atoms with van der Waals surface area (Å²) in [6.45, 7) is 7.46. The van der Waals surface area contributed by atoms with Crippen LogP contribution in [0.4, 0.5) is 0 Å². The number of guanidine groups is 1. The van der Waals surface area contributed by atoms with Gasteiger partial charge in [-0.1, -0.05) is 13.0 Å². The molecular weight excluding hydrogens is 360 g/mol. The average Bonchev–Trinajstić information content (AvgIpc) is 3.30. The van der Waals surface area contributed by atoms with Crippen molar-refractivity contribution in [3.63, 3.8) is 0 Å². The molecule has 8 nitrogen and oxygen atoms in total. The molecule has 2 aromatic rings. The van der Waals surface area contributed by atoms with Crippen LogP contribution in [0.5, 0.6) is 0 Å². The number of fused-ring (bicyclic) bond motifs is 1. The lowest BCUT2D eigenvalue weighted by atomic mass is 10.3. The highest BCUT2D eigenvalue weighted by Gasteiger charge is 2.36. The second kappa shape index (κ2) is 6.50. The summed E-state index contributed by atoms with van der Waals surface area (Å²) in [6, 6.07) is 5.09.